The van der Waals surface area contributed by atoms with Gasteiger partial charge in [-0.2, -0.15) is 8.62 Å². The standard InChI is InChI=1S/C39H41N8O15P3S/c1-45(2)23-8-11-26-30(15-23)59-31-16-24(46(3)4)9-12-27(31)35(26)28-14-22(7-10-25(28)38(49)50)44-39(66)41-13-5-6-21-18-47(37-34(21)36(40)42-20-43-37)33-17-29(48)32(60-33)19-58-64(54,55)62-65(56,57)61-63(51,52)53/h7-12,14-16,18,20,29,32-33,48H,13,17,19H2,1-4H3,(H8-,40,41,42,43,44,49,50,51,52,53,54,55,56,57,66)/p+1/t29-,32+,33+/m0/s1. The number of hydrogen-bond acceptors (Lipinski definition) is 15. The Morgan fingerprint density at radius 3 is 2.48 bits per heavy atom. The number of aliphatic hydroxyl groups is 1. The van der Waals surface area contributed by atoms with Crippen LogP contribution >= 0.6 is 35.7 Å². The quantitative estimate of drug-likeness (QED) is 0.0262. The van der Waals surface area contributed by atoms with Crippen LogP contribution in [0, 0.1) is 11.8 Å². The first kappa shape index (κ1) is 48.3. The zero-order valence-corrected chi connectivity index (χ0v) is 38.6. The van der Waals surface area contributed by atoms with Gasteiger partial charge in [0.15, 0.2) is 5.11 Å². The van der Waals surface area contributed by atoms with Gasteiger partial charge in [0.05, 0.1) is 41.8 Å². The fourth-order valence-corrected chi connectivity index (χ4v) is 10.3. The number of aliphatic hydroxyl groups excluding tert-OH is 1. The highest BCUT2D eigenvalue weighted by molar-refractivity contribution is 7.80. The third-order valence-corrected chi connectivity index (χ3v) is 14.1. The zero-order chi connectivity index (χ0) is 47.9. The Morgan fingerprint density at radius 2 is 1.79 bits per heavy atom. The number of phosphoric acid groups is 3. The summed E-state index contributed by atoms with van der Waals surface area (Å²) in [4.78, 5) is 59.8. The summed E-state index contributed by atoms with van der Waals surface area (Å²) in [5, 5.41) is 29.3. The number of carboxylic acids is 1. The Kier molecular flexibility index (Phi) is 13.9. The molecule has 7 rings (SSSR count). The predicted octanol–water partition coefficient (Wildman–Crippen LogP) is 3.66. The Labute approximate surface area is 379 Å². The molecule has 1 saturated heterocycles. The van der Waals surface area contributed by atoms with Crippen molar-refractivity contribution in [2.45, 2.75) is 24.9 Å². The second kappa shape index (κ2) is 18.9. The molecule has 348 valence electrons. The van der Waals surface area contributed by atoms with Gasteiger partial charge < -0.3 is 64.8 Å². The maximum Gasteiger partial charge on any atom is 0.490 e. The molecular formula is C39H42N8O15P3S+. The van der Waals surface area contributed by atoms with Crippen LogP contribution in [-0.2, 0) is 31.6 Å². The number of anilines is 3. The number of aromatic carboxylic acids is 1. The van der Waals surface area contributed by atoms with E-state index in [-0.39, 0.29) is 35.1 Å². The number of nitrogens with one attached hydrogen (secondary N) is 2. The zero-order valence-electron chi connectivity index (χ0n) is 35.1. The highest BCUT2D eigenvalue weighted by atomic mass is 32.1. The van der Waals surface area contributed by atoms with Gasteiger partial charge in [-0.3, -0.25) is 4.52 Å². The highest BCUT2D eigenvalue weighted by Gasteiger charge is 2.43. The summed E-state index contributed by atoms with van der Waals surface area (Å²) < 4.78 is 62.7. The van der Waals surface area contributed by atoms with Gasteiger partial charge in [-0.15, -0.1) is 0 Å². The first-order valence-electron chi connectivity index (χ1n) is 19.3. The molecular weight excluding hydrogens is 945 g/mol. The summed E-state index contributed by atoms with van der Waals surface area (Å²) in [5.41, 5.74) is 10.6. The van der Waals surface area contributed by atoms with Crippen LogP contribution in [0.25, 0.3) is 44.5 Å². The van der Waals surface area contributed by atoms with Gasteiger partial charge in [0.25, 0.3) is 0 Å². The van der Waals surface area contributed by atoms with Crippen molar-refractivity contribution in [2.75, 3.05) is 57.3 Å². The van der Waals surface area contributed by atoms with Crippen LogP contribution < -0.4 is 31.2 Å². The van der Waals surface area contributed by atoms with E-state index in [0.717, 1.165) is 11.0 Å². The third-order valence-electron chi connectivity index (χ3n) is 10.0. The van der Waals surface area contributed by atoms with Crippen LogP contribution in [0.5, 0.6) is 0 Å². The largest absolute Gasteiger partial charge is 0.490 e. The number of nitrogens with zero attached hydrogens (tertiary/aromatic N) is 5. The monoisotopic (exact) mass is 987 g/mol. The van der Waals surface area contributed by atoms with E-state index < -0.39 is 54.5 Å². The first-order chi connectivity index (χ1) is 31.0. The molecule has 4 heterocycles. The molecule has 4 aromatic rings. The molecule has 5 atom stereocenters. The van der Waals surface area contributed by atoms with Crippen molar-refractivity contribution >= 4 is 86.0 Å². The van der Waals surface area contributed by atoms with E-state index in [1.807, 2.05) is 74.1 Å². The summed E-state index contributed by atoms with van der Waals surface area (Å²) in [6, 6.07) is 16.3. The van der Waals surface area contributed by atoms with Crippen LogP contribution in [0.4, 0.5) is 17.2 Å². The molecule has 2 aliphatic heterocycles. The first-order valence-corrected chi connectivity index (χ1v) is 24.2. The molecule has 66 heavy (non-hydrogen) atoms. The van der Waals surface area contributed by atoms with E-state index in [9.17, 15) is 38.5 Å². The van der Waals surface area contributed by atoms with E-state index in [4.69, 9.17) is 36.9 Å². The van der Waals surface area contributed by atoms with Gasteiger partial charge >= 0.3 is 29.4 Å². The molecule has 23 nitrogen and oxygen atoms in total. The second-order valence-corrected chi connectivity index (χ2v) is 19.9. The van der Waals surface area contributed by atoms with Crippen molar-refractivity contribution in [3.63, 3.8) is 0 Å². The lowest BCUT2D eigenvalue weighted by molar-refractivity contribution is -0.0421. The van der Waals surface area contributed by atoms with E-state index in [1.54, 1.807) is 18.3 Å². The molecule has 0 amide bonds. The molecule has 3 aliphatic rings. The van der Waals surface area contributed by atoms with E-state index in [0.29, 0.717) is 50.1 Å². The minimum absolute atomic E-state index is 0.0192. The van der Waals surface area contributed by atoms with Crippen LogP contribution in [-0.4, -0.2) is 109 Å². The van der Waals surface area contributed by atoms with Gasteiger partial charge in [-0.25, -0.2) is 33.0 Å². The number of fused-ring (bicyclic) bond motifs is 3. The van der Waals surface area contributed by atoms with Gasteiger partial charge in [-0.05, 0) is 54.2 Å². The molecule has 2 unspecified atom stereocenters. The normalized spacial score (nSPS) is 18.0. The smallest absolute Gasteiger partial charge is 0.478 e. The molecule has 1 aliphatic carbocycles. The number of phosphoric ester groups is 1. The maximum absolute atomic E-state index is 12.7. The van der Waals surface area contributed by atoms with Gasteiger partial charge in [0.2, 0.25) is 5.36 Å². The predicted molar refractivity (Wildman–Crippen MR) is 244 cm³/mol. The number of carbonyl (C=O) groups is 1. The van der Waals surface area contributed by atoms with E-state index >= 15 is 0 Å². The molecule has 0 bridgehead atoms. The number of hydrogen-bond donors (Lipinski definition) is 9. The third kappa shape index (κ3) is 11.0. The number of nitrogen functional groups attached to an aromatic ring is 1. The van der Waals surface area contributed by atoms with Crippen LogP contribution in [0.1, 0.15) is 28.6 Å². The number of nitrogens with two attached hydrogens (primary N) is 1. The average molecular weight is 988 g/mol. The highest BCUT2D eigenvalue weighted by Crippen LogP contribution is 2.66. The van der Waals surface area contributed by atoms with E-state index in [1.165, 1.54) is 17.0 Å². The lowest BCUT2D eigenvalue weighted by Crippen LogP contribution is -2.28. The molecule has 2 aromatic heterocycles. The number of rotatable bonds is 13. The summed E-state index contributed by atoms with van der Waals surface area (Å²) in [7, 11) is -9.18. The number of aromatic nitrogens is 3. The topological polar surface area (TPSA) is 327 Å². The van der Waals surface area contributed by atoms with Crippen molar-refractivity contribution in [3.8, 4) is 34.3 Å². The number of benzene rings is 3. The van der Waals surface area contributed by atoms with Crippen molar-refractivity contribution in [1.29, 1.82) is 0 Å². The SMILES string of the molecule is CN(C)c1ccc2c(-c3cc(NC(=S)NCC#Cc4cn([C@H]5C[C@H](O)[C@@H](COP(=O)(O)OP(=O)(O)OP(=O)(O)O)O5)c5ncnc(N)c45)ccc3C(=O)O)c3ccc(=[N+](C)C)cc-3oc2c1. The summed E-state index contributed by atoms with van der Waals surface area (Å²) >= 11 is 5.60. The minimum Gasteiger partial charge on any atom is -0.478 e. The Morgan fingerprint density at radius 1 is 1.03 bits per heavy atom. The number of carboxylic acid groups (broad SMARTS) is 1. The number of ether oxygens (including phenoxy) is 1. The lowest BCUT2D eigenvalue weighted by atomic mass is 9.90. The van der Waals surface area contributed by atoms with Gasteiger partial charge in [-0.1, -0.05) is 11.8 Å². The summed E-state index contributed by atoms with van der Waals surface area (Å²) in [5.74, 6) is 5.46. The summed E-state index contributed by atoms with van der Waals surface area (Å²) in [6.07, 6.45) is -0.973. The van der Waals surface area contributed by atoms with Crippen LogP contribution in [0.3, 0.4) is 0 Å². The van der Waals surface area contributed by atoms with Crippen molar-refractivity contribution in [3.05, 3.63) is 83.6 Å². The maximum atomic E-state index is 12.7. The van der Waals surface area contributed by atoms with Crippen molar-refractivity contribution in [1.82, 2.24) is 24.4 Å². The molecule has 27 heteroatoms. The van der Waals surface area contributed by atoms with E-state index in [2.05, 4.69) is 45.6 Å². The van der Waals surface area contributed by atoms with Gasteiger partial charge in [0, 0.05) is 66.7 Å². The Bertz CT molecular complexity index is 3160. The average Bonchev–Trinajstić information content (AvgIpc) is 3.78. The number of thiocarbonyl (C=S) groups is 1. The molecule has 2 aromatic carbocycles. The second-order valence-electron chi connectivity index (χ2n) is 15.0. The van der Waals surface area contributed by atoms with Crippen molar-refractivity contribution < 1.29 is 70.6 Å². The molecule has 0 saturated carbocycles. The molecule has 0 radical (unpaired) electrons. The summed E-state index contributed by atoms with van der Waals surface area (Å²) in [6.45, 7) is -0.855. The minimum atomic E-state index is -5.76. The van der Waals surface area contributed by atoms with Crippen molar-refractivity contribution in [2.24, 2.45) is 0 Å². The Balaban J connectivity index is 1.08. The fourth-order valence-electron chi connectivity index (χ4n) is 7.10. The molecule has 1 fully saturated rings. The van der Waals surface area contributed by atoms with Crippen LogP contribution in [0.2, 0.25) is 0 Å². The molecule has 10 N–H and O–H groups in total. The molecule has 0 spiro atoms. The Hall–Kier alpha value is -5.60. The fraction of sp³-hybridized carbons (Fsp3) is 0.256. The van der Waals surface area contributed by atoms with Crippen LogP contribution in [0.15, 0.2) is 71.5 Å². The van der Waals surface area contributed by atoms with Gasteiger partial charge in [0.1, 0.15) is 55.6 Å². The lowest BCUT2D eigenvalue weighted by Gasteiger charge is -2.19.